The highest BCUT2D eigenvalue weighted by atomic mass is 16.7. The van der Waals surface area contributed by atoms with Crippen molar-refractivity contribution in [1.29, 1.82) is 0 Å². The first kappa shape index (κ1) is 78.9. The van der Waals surface area contributed by atoms with E-state index in [1.807, 2.05) is 6.08 Å². The number of rotatable bonds is 63. The molecule has 7 unspecified atom stereocenters. The van der Waals surface area contributed by atoms with Gasteiger partial charge in [-0.05, 0) is 57.8 Å². The summed E-state index contributed by atoms with van der Waals surface area (Å²) in [5, 5.41) is 54.3. The van der Waals surface area contributed by atoms with Crippen LogP contribution in [-0.2, 0) is 23.8 Å². The second kappa shape index (κ2) is 61.5. The lowest BCUT2D eigenvalue weighted by atomic mass is 9.99. The molecule has 0 aromatic rings. The molecule has 1 saturated heterocycles. The van der Waals surface area contributed by atoms with Crippen molar-refractivity contribution in [3.05, 3.63) is 36.5 Å². The molecule has 0 spiro atoms. The Morgan fingerprint density at radius 1 is 0.446 bits per heavy atom. The lowest BCUT2D eigenvalue weighted by molar-refractivity contribution is -0.302. The van der Waals surface area contributed by atoms with E-state index in [-0.39, 0.29) is 18.5 Å². The van der Waals surface area contributed by atoms with Crippen LogP contribution in [0.5, 0.6) is 0 Å². The van der Waals surface area contributed by atoms with E-state index in [0.29, 0.717) is 19.4 Å². The first-order chi connectivity index (χ1) is 40.7. The SMILES string of the molecule is CCCC/C=C\C/C=C\CCCCCCCC(=O)OCCCCCCCCCCCCCCCCCCCCCCCCCCCCCCCCCCC(=O)NC(COC1OC(CO)C(O)C(O)C1O)C(O)/C=C/CCCCCCCCC. The van der Waals surface area contributed by atoms with Crippen LogP contribution in [-0.4, -0.2) is 100 Å². The number of amides is 1. The molecule has 1 heterocycles. The summed E-state index contributed by atoms with van der Waals surface area (Å²) < 4.78 is 16.7. The topological polar surface area (TPSA) is 175 Å². The quantitative estimate of drug-likeness (QED) is 0.0195. The van der Waals surface area contributed by atoms with Gasteiger partial charge in [0.2, 0.25) is 5.91 Å². The molecule has 1 amide bonds. The highest BCUT2D eigenvalue weighted by molar-refractivity contribution is 5.76. The summed E-state index contributed by atoms with van der Waals surface area (Å²) in [4.78, 5) is 25.1. The Morgan fingerprint density at radius 2 is 0.819 bits per heavy atom. The van der Waals surface area contributed by atoms with Gasteiger partial charge in [-0.25, -0.2) is 0 Å². The molecule has 0 radical (unpaired) electrons. The van der Waals surface area contributed by atoms with Gasteiger partial charge in [0.15, 0.2) is 6.29 Å². The van der Waals surface area contributed by atoms with Gasteiger partial charge in [-0.3, -0.25) is 9.59 Å². The van der Waals surface area contributed by atoms with E-state index in [1.54, 1.807) is 6.08 Å². The molecule has 0 saturated carbocycles. The summed E-state index contributed by atoms with van der Waals surface area (Å²) in [6.07, 6.45) is 68.8. The molecule has 0 aromatic carbocycles. The Labute approximate surface area is 511 Å². The summed E-state index contributed by atoms with van der Waals surface area (Å²) in [6, 6.07) is -0.805. The summed E-state index contributed by atoms with van der Waals surface area (Å²) in [7, 11) is 0. The molecule has 1 aliphatic heterocycles. The van der Waals surface area contributed by atoms with E-state index in [1.165, 1.54) is 257 Å². The molecule has 0 aromatic heterocycles. The lowest BCUT2D eigenvalue weighted by Crippen LogP contribution is -2.60. The second-order valence-electron chi connectivity index (χ2n) is 24.9. The van der Waals surface area contributed by atoms with Gasteiger partial charge in [0.05, 0.1) is 32.0 Å². The van der Waals surface area contributed by atoms with Crippen LogP contribution in [0, 0.1) is 0 Å². The predicted molar refractivity (Wildman–Crippen MR) is 347 cm³/mol. The number of aliphatic hydroxyl groups is 5. The van der Waals surface area contributed by atoms with Crippen LogP contribution in [0.2, 0.25) is 0 Å². The Bertz CT molecular complexity index is 1470. The van der Waals surface area contributed by atoms with Gasteiger partial charge in [-0.1, -0.05) is 314 Å². The van der Waals surface area contributed by atoms with E-state index in [0.717, 1.165) is 64.2 Å². The third kappa shape index (κ3) is 50.6. The van der Waals surface area contributed by atoms with Crippen molar-refractivity contribution in [3.8, 4) is 0 Å². The third-order valence-electron chi connectivity index (χ3n) is 17.0. The summed E-state index contributed by atoms with van der Waals surface area (Å²) in [5.41, 5.74) is 0. The van der Waals surface area contributed by atoms with Crippen LogP contribution >= 0.6 is 0 Å². The van der Waals surface area contributed by atoms with Gasteiger partial charge in [0.25, 0.3) is 0 Å². The van der Waals surface area contributed by atoms with E-state index >= 15 is 0 Å². The maximum Gasteiger partial charge on any atom is 0.305 e. The number of carbonyl (C=O) groups excluding carboxylic acids is 2. The van der Waals surface area contributed by atoms with Crippen molar-refractivity contribution >= 4 is 11.9 Å². The number of allylic oxidation sites excluding steroid dienone is 5. The fourth-order valence-corrected chi connectivity index (χ4v) is 11.3. The molecule has 1 rings (SSSR count). The summed E-state index contributed by atoms with van der Waals surface area (Å²) in [5.74, 6) is -0.179. The van der Waals surface area contributed by atoms with Gasteiger partial charge in [0.1, 0.15) is 24.4 Å². The average Bonchev–Trinajstić information content (AvgIpc) is 3.58. The minimum absolute atomic E-state index is 0.000916. The number of carbonyl (C=O) groups is 2. The molecule has 0 bridgehead atoms. The molecule has 83 heavy (non-hydrogen) atoms. The van der Waals surface area contributed by atoms with Crippen LogP contribution in [0.4, 0.5) is 0 Å². The first-order valence-corrected chi connectivity index (χ1v) is 35.8. The van der Waals surface area contributed by atoms with E-state index in [9.17, 15) is 35.1 Å². The van der Waals surface area contributed by atoms with Gasteiger partial charge < -0.3 is 45.1 Å². The summed E-state index contributed by atoms with van der Waals surface area (Å²) in [6.45, 7) is 4.30. The molecular formula is C72H135NO10. The standard InChI is InChI=1S/C72H135NO10/c1-3-5-7-9-11-13-14-15-37-40-44-48-52-56-60-68(77)81-61-57-53-49-45-41-38-35-33-31-29-27-25-23-21-19-17-16-18-20-22-24-26-28-30-32-34-36-39-43-47-51-55-59-67(76)73-64(65(75)58-54-50-46-42-12-10-8-6-4-2)63-82-72-71(80)70(79)69(78)66(62-74)83-72/h9,11,14-15,54,58,64-66,69-72,74-75,78-80H,3-8,10,12-13,16-53,55-57,59-63H2,1-2H3,(H,73,76)/b11-9-,15-14-,58-54+. The third-order valence-corrected chi connectivity index (χ3v) is 17.0. The molecule has 1 fully saturated rings. The van der Waals surface area contributed by atoms with Crippen LogP contribution in [0.15, 0.2) is 36.5 Å². The van der Waals surface area contributed by atoms with Crippen molar-refractivity contribution in [2.24, 2.45) is 0 Å². The van der Waals surface area contributed by atoms with Crippen LogP contribution in [0.3, 0.4) is 0 Å². The smallest absolute Gasteiger partial charge is 0.305 e. The number of ether oxygens (including phenoxy) is 3. The number of unbranched alkanes of at least 4 members (excludes halogenated alkanes) is 45. The number of hydrogen-bond donors (Lipinski definition) is 6. The highest BCUT2D eigenvalue weighted by Crippen LogP contribution is 2.23. The predicted octanol–water partition coefficient (Wildman–Crippen LogP) is 18.2. The minimum Gasteiger partial charge on any atom is -0.466 e. The van der Waals surface area contributed by atoms with Gasteiger partial charge in [-0.15, -0.1) is 0 Å². The maximum atomic E-state index is 13.0. The fraction of sp³-hybridized carbons (Fsp3) is 0.889. The normalized spacial score (nSPS) is 18.3. The molecule has 7 atom stereocenters. The maximum absolute atomic E-state index is 13.0. The zero-order valence-corrected chi connectivity index (χ0v) is 54.2. The highest BCUT2D eigenvalue weighted by Gasteiger charge is 2.44. The Balaban J connectivity index is 1.88. The Kier molecular flexibility index (Phi) is 58.5. The van der Waals surface area contributed by atoms with Gasteiger partial charge >= 0.3 is 5.97 Å². The van der Waals surface area contributed by atoms with Crippen molar-refractivity contribution in [1.82, 2.24) is 5.32 Å². The van der Waals surface area contributed by atoms with Crippen molar-refractivity contribution in [2.45, 2.75) is 391 Å². The van der Waals surface area contributed by atoms with Crippen LogP contribution in [0.1, 0.15) is 348 Å². The molecule has 11 nitrogen and oxygen atoms in total. The summed E-state index contributed by atoms with van der Waals surface area (Å²) >= 11 is 0. The number of aliphatic hydroxyl groups excluding tert-OH is 5. The molecule has 6 N–H and O–H groups in total. The van der Waals surface area contributed by atoms with E-state index in [4.69, 9.17) is 14.2 Å². The molecule has 0 aliphatic carbocycles. The molecule has 488 valence electrons. The number of hydrogen-bond acceptors (Lipinski definition) is 10. The van der Waals surface area contributed by atoms with Gasteiger partial charge in [-0.2, -0.15) is 0 Å². The second-order valence-corrected chi connectivity index (χ2v) is 24.9. The number of esters is 1. The fourth-order valence-electron chi connectivity index (χ4n) is 11.3. The first-order valence-electron chi connectivity index (χ1n) is 35.8. The van der Waals surface area contributed by atoms with Crippen molar-refractivity contribution in [3.63, 3.8) is 0 Å². The minimum atomic E-state index is -1.57. The van der Waals surface area contributed by atoms with E-state index in [2.05, 4.69) is 43.5 Å². The largest absolute Gasteiger partial charge is 0.466 e. The molecule has 1 aliphatic rings. The van der Waals surface area contributed by atoms with Crippen LogP contribution in [0.25, 0.3) is 0 Å². The zero-order chi connectivity index (χ0) is 60.2. The number of nitrogens with one attached hydrogen (secondary N) is 1. The van der Waals surface area contributed by atoms with E-state index < -0.39 is 49.5 Å². The molecular weight excluding hydrogens is 1040 g/mol. The van der Waals surface area contributed by atoms with Crippen LogP contribution < -0.4 is 5.32 Å². The lowest BCUT2D eigenvalue weighted by Gasteiger charge is -2.40. The Morgan fingerprint density at radius 3 is 1.25 bits per heavy atom. The van der Waals surface area contributed by atoms with Crippen molar-refractivity contribution in [2.75, 3.05) is 19.8 Å². The van der Waals surface area contributed by atoms with Crippen molar-refractivity contribution < 1.29 is 49.3 Å². The van der Waals surface area contributed by atoms with Gasteiger partial charge in [0, 0.05) is 12.8 Å². The monoisotopic (exact) mass is 1170 g/mol. The molecule has 11 heteroatoms. The zero-order valence-electron chi connectivity index (χ0n) is 54.2. The average molecular weight is 1170 g/mol. The Hall–Kier alpha value is -2.12.